The first-order valence-electron chi connectivity index (χ1n) is 8.84. The minimum atomic E-state index is -4.45. The number of nitrogens with zero attached hydrogens (tertiary/aromatic N) is 3. The molecule has 1 unspecified atom stereocenters. The van der Waals surface area contributed by atoms with Crippen molar-refractivity contribution in [1.82, 2.24) is 4.90 Å². The third kappa shape index (κ3) is 5.33. The minimum absolute atomic E-state index is 0.0243. The van der Waals surface area contributed by atoms with E-state index in [-0.39, 0.29) is 31.0 Å². The van der Waals surface area contributed by atoms with Gasteiger partial charge in [0.25, 0.3) is 0 Å². The Labute approximate surface area is 162 Å². The Bertz CT molecular complexity index is 831. The van der Waals surface area contributed by atoms with Gasteiger partial charge in [0.15, 0.2) is 0 Å². The zero-order chi connectivity index (χ0) is 20.7. The van der Waals surface area contributed by atoms with Crippen molar-refractivity contribution in [2.75, 3.05) is 18.5 Å². The zero-order valence-corrected chi connectivity index (χ0v) is 15.8. The maximum absolute atomic E-state index is 13.2. The fraction of sp³-hybridized carbons (Fsp3) is 0.333. The van der Waals surface area contributed by atoms with Gasteiger partial charge in [-0.25, -0.2) is 0 Å². The van der Waals surface area contributed by atoms with Crippen molar-refractivity contribution in [3.8, 4) is 6.07 Å². The Kier molecular flexibility index (Phi) is 7.18. The van der Waals surface area contributed by atoms with E-state index in [1.165, 1.54) is 17.0 Å². The van der Waals surface area contributed by atoms with Crippen LogP contribution in [-0.2, 0) is 17.5 Å². The fourth-order valence-electron chi connectivity index (χ4n) is 2.89. The van der Waals surface area contributed by atoms with Crippen molar-refractivity contribution in [2.45, 2.75) is 32.1 Å². The molecule has 0 saturated carbocycles. The number of benzene rings is 2. The summed E-state index contributed by atoms with van der Waals surface area (Å²) in [4.78, 5) is 16.1. The van der Waals surface area contributed by atoms with Crippen LogP contribution in [0.5, 0.6) is 0 Å². The second-order valence-electron chi connectivity index (χ2n) is 6.48. The molecule has 4 nitrogen and oxygen atoms in total. The van der Waals surface area contributed by atoms with Crippen LogP contribution in [0.2, 0.25) is 0 Å². The number of halogens is 3. The van der Waals surface area contributed by atoms with Gasteiger partial charge in [0.1, 0.15) is 0 Å². The molecule has 2 aromatic carbocycles. The number of rotatable bonds is 7. The first kappa shape index (κ1) is 21.5. The van der Waals surface area contributed by atoms with Crippen LogP contribution in [0, 0.1) is 11.3 Å². The number of hydrogen-bond acceptors (Lipinski definition) is 3. The molecule has 0 aliphatic rings. The van der Waals surface area contributed by atoms with Crippen LogP contribution in [0.15, 0.2) is 54.6 Å². The zero-order valence-electron chi connectivity index (χ0n) is 15.8. The molecule has 0 radical (unpaired) electrons. The van der Waals surface area contributed by atoms with Crippen LogP contribution in [-0.4, -0.2) is 30.4 Å². The maximum atomic E-state index is 13.2. The average Bonchev–Trinajstić information content (AvgIpc) is 2.68. The lowest BCUT2D eigenvalue weighted by Crippen LogP contribution is -2.46. The normalized spacial score (nSPS) is 12.5. The van der Waals surface area contributed by atoms with Gasteiger partial charge in [0.2, 0.25) is 5.91 Å². The molecule has 7 heteroatoms. The number of alkyl halides is 3. The van der Waals surface area contributed by atoms with Gasteiger partial charge in [-0.1, -0.05) is 36.4 Å². The molecule has 0 heterocycles. The van der Waals surface area contributed by atoms with Crippen LogP contribution < -0.4 is 4.90 Å². The van der Waals surface area contributed by atoms with E-state index in [0.717, 1.165) is 6.07 Å². The summed E-state index contributed by atoms with van der Waals surface area (Å²) in [6, 6.07) is 15.6. The lowest BCUT2D eigenvalue weighted by molar-refractivity contribution is -0.138. The topological polar surface area (TPSA) is 47.3 Å². The second kappa shape index (κ2) is 9.38. The van der Waals surface area contributed by atoms with Crippen molar-refractivity contribution in [1.29, 1.82) is 5.26 Å². The molecule has 0 fully saturated rings. The van der Waals surface area contributed by atoms with E-state index in [0.29, 0.717) is 5.69 Å². The lowest BCUT2D eigenvalue weighted by Gasteiger charge is -2.30. The van der Waals surface area contributed by atoms with Gasteiger partial charge >= 0.3 is 6.18 Å². The van der Waals surface area contributed by atoms with Crippen LogP contribution in [0.3, 0.4) is 0 Å². The number of para-hydroxylation sites is 1. The molecule has 0 aromatic heterocycles. The predicted octanol–water partition coefficient (Wildman–Crippen LogP) is 4.47. The summed E-state index contributed by atoms with van der Waals surface area (Å²) in [5.74, 6) is -0.270. The van der Waals surface area contributed by atoms with Crippen molar-refractivity contribution < 1.29 is 18.0 Å². The van der Waals surface area contributed by atoms with E-state index in [1.807, 2.05) is 12.1 Å². The molecule has 0 saturated heterocycles. The van der Waals surface area contributed by atoms with Gasteiger partial charge in [-0.05, 0) is 37.7 Å². The highest BCUT2D eigenvalue weighted by Gasteiger charge is 2.34. The van der Waals surface area contributed by atoms with Crippen molar-refractivity contribution in [3.63, 3.8) is 0 Å². The number of carbonyl (C=O) groups excluding carboxylic acids is 1. The van der Waals surface area contributed by atoms with Gasteiger partial charge in [-0.2, -0.15) is 18.4 Å². The highest BCUT2D eigenvalue weighted by molar-refractivity contribution is 5.96. The Balaban J connectivity index is 2.20. The third-order valence-electron chi connectivity index (χ3n) is 4.54. The summed E-state index contributed by atoms with van der Waals surface area (Å²) in [6.45, 7) is 1.85. The van der Waals surface area contributed by atoms with E-state index in [4.69, 9.17) is 5.26 Å². The summed E-state index contributed by atoms with van der Waals surface area (Å²) < 4.78 is 39.7. The predicted molar refractivity (Wildman–Crippen MR) is 101 cm³/mol. The summed E-state index contributed by atoms with van der Waals surface area (Å²) in [5.41, 5.74) is 0.0602. The number of amides is 1. The minimum Gasteiger partial charge on any atom is -0.310 e. The smallest absolute Gasteiger partial charge is 0.310 e. The molecular formula is C21H22F3N3O. The maximum Gasteiger partial charge on any atom is 0.416 e. The van der Waals surface area contributed by atoms with E-state index >= 15 is 0 Å². The van der Waals surface area contributed by atoms with Gasteiger partial charge in [0.05, 0.1) is 24.1 Å². The number of carbonyl (C=O) groups is 1. The Morgan fingerprint density at radius 1 is 1.11 bits per heavy atom. The molecule has 28 heavy (non-hydrogen) atoms. The second-order valence-corrected chi connectivity index (χ2v) is 6.48. The first-order chi connectivity index (χ1) is 13.3. The van der Waals surface area contributed by atoms with Gasteiger partial charge < -0.3 is 4.90 Å². The molecule has 0 aliphatic heterocycles. The van der Waals surface area contributed by atoms with Crippen LogP contribution in [0.1, 0.15) is 24.5 Å². The van der Waals surface area contributed by atoms with Crippen molar-refractivity contribution in [3.05, 3.63) is 65.7 Å². The van der Waals surface area contributed by atoms with Gasteiger partial charge in [0, 0.05) is 18.8 Å². The van der Waals surface area contributed by atoms with E-state index in [1.54, 1.807) is 49.2 Å². The summed E-state index contributed by atoms with van der Waals surface area (Å²) in [7, 11) is 1.61. The number of anilines is 1. The molecule has 148 valence electrons. The number of likely N-dealkylation sites (N-methyl/N-ethyl adjacent to an activating group) is 1. The lowest BCUT2D eigenvalue weighted by atomic mass is 10.1. The van der Waals surface area contributed by atoms with Gasteiger partial charge in [-0.3, -0.25) is 9.69 Å². The van der Waals surface area contributed by atoms with Crippen molar-refractivity contribution in [2.24, 2.45) is 0 Å². The van der Waals surface area contributed by atoms with E-state index in [9.17, 15) is 18.0 Å². The number of nitriles is 1. The Morgan fingerprint density at radius 2 is 1.71 bits per heavy atom. The molecular weight excluding hydrogens is 367 g/mol. The average molecular weight is 389 g/mol. The van der Waals surface area contributed by atoms with E-state index < -0.39 is 17.8 Å². The molecule has 1 atom stereocenters. The van der Waals surface area contributed by atoms with Crippen LogP contribution in [0.4, 0.5) is 18.9 Å². The fourth-order valence-corrected chi connectivity index (χ4v) is 2.89. The molecule has 0 N–H and O–H groups in total. The van der Waals surface area contributed by atoms with Crippen molar-refractivity contribution >= 4 is 11.6 Å². The quantitative estimate of drug-likeness (QED) is 0.702. The Morgan fingerprint density at radius 3 is 2.32 bits per heavy atom. The summed E-state index contributed by atoms with van der Waals surface area (Å²) in [5, 5.41) is 8.89. The molecule has 0 bridgehead atoms. The number of hydrogen-bond donors (Lipinski definition) is 0. The van der Waals surface area contributed by atoms with E-state index in [2.05, 4.69) is 0 Å². The Hall–Kier alpha value is -2.85. The molecule has 0 aliphatic carbocycles. The SMILES string of the molecule is CC(C(=O)N(CCC#N)c1ccccc1)N(C)Cc1ccccc1C(F)(F)F. The largest absolute Gasteiger partial charge is 0.416 e. The highest BCUT2D eigenvalue weighted by Crippen LogP contribution is 2.32. The monoisotopic (exact) mass is 389 g/mol. The standard InChI is InChI=1S/C21H22F3N3O/c1-16(20(28)27(14-8-13-25)18-10-4-3-5-11-18)26(2)15-17-9-6-7-12-19(17)21(22,23)24/h3-7,9-12,16H,8,14-15H2,1-2H3. The molecule has 2 aromatic rings. The third-order valence-corrected chi connectivity index (χ3v) is 4.54. The van der Waals surface area contributed by atoms with Gasteiger partial charge in [-0.15, -0.1) is 0 Å². The molecule has 2 rings (SSSR count). The molecule has 0 spiro atoms. The highest BCUT2D eigenvalue weighted by atomic mass is 19.4. The summed E-state index contributed by atoms with van der Waals surface area (Å²) >= 11 is 0. The van der Waals surface area contributed by atoms with Crippen LogP contribution in [0.25, 0.3) is 0 Å². The summed E-state index contributed by atoms with van der Waals surface area (Å²) in [6.07, 6.45) is -4.29. The molecule has 1 amide bonds. The first-order valence-corrected chi connectivity index (χ1v) is 8.84. The van der Waals surface area contributed by atoms with Crippen LogP contribution >= 0.6 is 0 Å².